The van der Waals surface area contributed by atoms with Crippen LogP contribution in [-0.4, -0.2) is 53.0 Å². The van der Waals surface area contributed by atoms with Crippen molar-refractivity contribution in [3.63, 3.8) is 0 Å². The van der Waals surface area contributed by atoms with Gasteiger partial charge in [0.2, 0.25) is 0 Å². The second-order valence-corrected chi connectivity index (χ2v) is 8.73. The Morgan fingerprint density at radius 3 is 1.59 bits per heavy atom. The first-order valence-corrected chi connectivity index (χ1v) is 9.71. The number of hydrogen-bond acceptors (Lipinski definition) is 5. The standard InChI is InChI=1S/C9H12O10P2S/c10-8(11)6(20(14,15)16)5(4-2-1-3-22-4)7(9(12)13)21(17,18)19/h1-3,5-7H,(H,10,11)(H,12,13)(H2,14,15,16)(H2,17,18,19). The summed E-state index contributed by atoms with van der Waals surface area (Å²) in [7, 11) is -10.8. The van der Waals surface area contributed by atoms with Gasteiger partial charge in [-0.3, -0.25) is 18.7 Å². The van der Waals surface area contributed by atoms with Crippen molar-refractivity contribution < 1.29 is 48.5 Å². The molecule has 0 saturated carbocycles. The summed E-state index contributed by atoms with van der Waals surface area (Å²) in [6.45, 7) is 0. The fourth-order valence-corrected chi connectivity index (χ4v) is 5.29. The molecular formula is C9H12O10P2S. The molecule has 1 aromatic rings. The summed E-state index contributed by atoms with van der Waals surface area (Å²) in [6.07, 6.45) is 0. The molecule has 0 bridgehead atoms. The van der Waals surface area contributed by atoms with E-state index in [1.807, 2.05) is 0 Å². The maximum atomic E-state index is 11.4. The van der Waals surface area contributed by atoms with Crippen LogP contribution in [0.5, 0.6) is 0 Å². The quantitative estimate of drug-likeness (QED) is 0.357. The van der Waals surface area contributed by atoms with E-state index in [2.05, 4.69) is 0 Å². The Labute approximate surface area is 127 Å². The Hall–Kier alpha value is -1.06. The number of carbonyl (C=O) groups is 2. The minimum absolute atomic E-state index is 0.161. The lowest BCUT2D eigenvalue weighted by Crippen LogP contribution is -2.39. The molecule has 0 aromatic carbocycles. The number of aliphatic carboxylic acids is 2. The van der Waals surface area contributed by atoms with E-state index in [0.29, 0.717) is 0 Å². The Bertz CT molecular complexity index is 603. The third-order valence-electron chi connectivity index (χ3n) is 2.78. The molecule has 22 heavy (non-hydrogen) atoms. The zero-order chi connectivity index (χ0) is 17.3. The van der Waals surface area contributed by atoms with Crippen LogP contribution in [0.3, 0.4) is 0 Å². The van der Waals surface area contributed by atoms with Gasteiger partial charge >= 0.3 is 27.1 Å². The highest BCUT2D eigenvalue weighted by Gasteiger charge is 2.54. The number of thiophene rings is 1. The summed E-state index contributed by atoms with van der Waals surface area (Å²) in [5.74, 6) is -6.19. The Kier molecular flexibility index (Phi) is 5.69. The zero-order valence-corrected chi connectivity index (χ0v) is 13.2. The van der Waals surface area contributed by atoms with E-state index in [-0.39, 0.29) is 4.88 Å². The molecule has 2 unspecified atom stereocenters. The first-order chi connectivity index (χ1) is 9.87. The lowest BCUT2D eigenvalue weighted by atomic mass is 9.98. The maximum Gasteiger partial charge on any atom is 0.340 e. The molecule has 2 atom stereocenters. The van der Waals surface area contributed by atoms with Gasteiger partial charge in [-0.1, -0.05) is 6.07 Å². The maximum absolute atomic E-state index is 11.4. The average molecular weight is 374 g/mol. The van der Waals surface area contributed by atoms with Crippen LogP contribution in [0.2, 0.25) is 0 Å². The van der Waals surface area contributed by atoms with Gasteiger partial charge in [0, 0.05) is 10.8 Å². The molecule has 0 spiro atoms. The predicted octanol–water partition coefficient (Wildman–Crippen LogP) is 0.0935. The molecule has 1 aromatic heterocycles. The molecule has 0 saturated heterocycles. The lowest BCUT2D eigenvalue weighted by Gasteiger charge is -2.29. The van der Waals surface area contributed by atoms with Crippen molar-refractivity contribution >= 4 is 38.5 Å². The van der Waals surface area contributed by atoms with E-state index in [4.69, 9.17) is 10.2 Å². The smallest absolute Gasteiger partial charge is 0.340 e. The van der Waals surface area contributed by atoms with Gasteiger partial charge in [0.25, 0.3) is 0 Å². The second kappa shape index (κ2) is 6.59. The highest BCUT2D eigenvalue weighted by Crippen LogP contribution is 2.57. The topological polar surface area (TPSA) is 190 Å². The van der Waals surface area contributed by atoms with E-state index in [0.717, 1.165) is 17.4 Å². The summed E-state index contributed by atoms with van der Waals surface area (Å²) < 4.78 is 22.9. The van der Waals surface area contributed by atoms with Crippen LogP contribution in [0.1, 0.15) is 10.8 Å². The first-order valence-electron chi connectivity index (χ1n) is 5.46. The molecule has 124 valence electrons. The molecule has 0 aliphatic heterocycles. The van der Waals surface area contributed by atoms with E-state index < -0.39 is 44.4 Å². The van der Waals surface area contributed by atoms with Gasteiger partial charge < -0.3 is 29.8 Å². The average Bonchev–Trinajstić information content (AvgIpc) is 2.75. The SMILES string of the molecule is O=C(O)C(C(c1cccs1)C(C(=O)O)P(=O)(O)O)P(=O)(O)O. The summed E-state index contributed by atoms with van der Waals surface area (Å²) in [4.78, 5) is 59.1. The molecule has 1 rings (SSSR count). The van der Waals surface area contributed by atoms with Crippen LogP contribution in [-0.2, 0) is 18.7 Å². The van der Waals surface area contributed by atoms with Crippen molar-refractivity contribution in [2.45, 2.75) is 17.2 Å². The molecule has 0 aliphatic rings. The van der Waals surface area contributed by atoms with E-state index in [1.165, 1.54) is 11.4 Å². The highest BCUT2D eigenvalue weighted by atomic mass is 32.1. The Morgan fingerprint density at radius 2 is 1.36 bits per heavy atom. The minimum atomic E-state index is -5.39. The van der Waals surface area contributed by atoms with Crippen LogP contribution in [0.4, 0.5) is 0 Å². The van der Waals surface area contributed by atoms with Crippen molar-refractivity contribution in [1.82, 2.24) is 0 Å². The second-order valence-electron chi connectivity index (χ2n) is 4.29. The minimum Gasteiger partial charge on any atom is -0.481 e. The van der Waals surface area contributed by atoms with Crippen LogP contribution < -0.4 is 0 Å². The summed E-state index contributed by atoms with van der Waals surface area (Å²) in [5, 5.41) is 19.4. The van der Waals surface area contributed by atoms with E-state index in [9.17, 15) is 38.3 Å². The molecule has 1 heterocycles. The monoisotopic (exact) mass is 374 g/mol. The van der Waals surface area contributed by atoms with Gasteiger partial charge in [-0.15, -0.1) is 11.3 Å². The fourth-order valence-electron chi connectivity index (χ4n) is 1.98. The molecular weight excluding hydrogens is 362 g/mol. The van der Waals surface area contributed by atoms with Gasteiger partial charge in [-0.25, -0.2) is 0 Å². The van der Waals surface area contributed by atoms with Crippen LogP contribution >= 0.6 is 26.5 Å². The molecule has 0 radical (unpaired) electrons. The number of carboxylic acid groups (broad SMARTS) is 2. The van der Waals surface area contributed by atoms with Crippen LogP contribution in [0, 0.1) is 0 Å². The molecule has 0 amide bonds. The third kappa shape index (κ3) is 4.23. The van der Waals surface area contributed by atoms with E-state index in [1.54, 1.807) is 0 Å². The zero-order valence-electron chi connectivity index (χ0n) is 10.6. The van der Waals surface area contributed by atoms with Gasteiger partial charge in [-0.05, 0) is 11.4 Å². The highest BCUT2D eigenvalue weighted by molar-refractivity contribution is 7.55. The third-order valence-corrected chi connectivity index (χ3v) is 6.29. The number of rotatable bonds is 7. The van der Waals surface area contributed by atoms with Crippen molar-refractivity contribution in [1.29, 1.82) is 0 Å². The van der Waals surface area contributed by atoms with Crippen LogP contribution in [0.15, 0.2) is 17.5 Å². The first kappa shape index (κ1) is 19.0. The molecule has 0 aliphatic carbocycles. The van der Waals surface area contributed by atoms with Crippen molar-refractivity contribution in [2.24, 2.45) is 0 Å². The largest absolute Gasteiger partial charge is 0.481 e. The van der Waals surface area contributed by atoms with E-state index >= 15 is 0 Å². The van der Waals surface area contributed by atoms with Gasteiger partial charge in [-0.2, -0.15) is 0 Å². The number of carboxylic acids is 2. The predicted molar refractivity (Wildman–Crippen MR) is 74.0 cm³/mol. The van der Waals surface area contributed by atoms with Gasteiger partial charge in [0.05, 0.1) is 0 Å². The molecule has 10 nitrogen and oxygen atoms in total. The summed E-state index contributed by atoms with van der Waals surface area (Å²) in [6, 6.07) is 2.50. The van der Waals surface area contributed by atoms with Crippen molar-refractivity contribution in [2.75, 3.05) is 0 Å². The number of hydrogen-bond donors (Lipinski definition) is 6. The fraction of sp³-hybridized carbons (Fsp3) is 0.333. The molecule has 13 heteroatoms. The van der Waals surface area contributed by atoms with Crippen molar-refractivity contribution in [3.05, 3.63) is 22.4 Å². The Morgan fingerprint density at radius 1 is 0.955 bits per heavy atom. The lowest BCUT2D eigenvalue weighted by molar-refractivity contribution is -0.139. The molecule has 0 fully saturated rings. The Balaban J connectivity index is 3.61. The summed E-state index contributed by atoms with van der Waals surface area (Å²) >= 11 is 0.741. The normalized spacial score (nSPS) is 16.7. The van der Waals surface area contributed by atoms with Gasteiger partial charge in [0.15, 0.2) is 11.3 Å². The molecule has 6 N–H and O–H groups in total. The van der Waals surface area contributed by atoms with Gasteiger partial charge in [0.1, 0.15) is 0 Å². The summed E-state index contributed by atoms with van der Waals surface area (Å²) in [5.41, 5.74) is -5.19. The van der Waals surface area contributed by atoms with Crippen molar-refractivity contribution in [3.8, 4) is 0 Å². The van der Waals surface area contributed by atoms with Crippen LogP contribution in [0.25, 0.3) is 0 Å².